The Balaban J connectivity index is 2.45. The molecule has 0 aliphatic heterocycles. The lowest BCUT2D eigenvalue weighted by molar-refractivity contribution is 0.282. The average molecular weight is 451 g/mol. The monoisotopic (exact) mass is 450 g/mol. The Labute approximate surface area is 183 Å². The second kappa shape index (κ2) is 12.1. The maximum absolute atomic E-state index is 10.8. The first-order valence-corrected chi connectivity index (χ1v) is 13.4. The highest BCUT2D eigenvalue weighted by Crippen LogP contribution is 2.34. The van der Waals surface area contributed by atoms with E-state index in [1.54, 1.807) is 6.92 Å². The van der Waals surface area contributed by atoms with Crippen LogP contribution in [0.3, 0.4) is 0 Å². The molecule has 1 N–H and O–H groups in total. The van der Waals surface area contributed by atoms with E-state index >= 15 is 0 Å². The highest BCUT2D eigenvalue weighted by atomic mass is 32.3. The predicted molar refractivity (Wildman–Crippen MR) is 126 cm³/mol. The third kappa shape index (κ3) is 7.78. The normalized spacial score (nSPS) is 13.4. The van der Waals surface area contributed by atoms with E-state index in [2.05, 4.69) is 59.7 Å². The second-order valence-electron chi connectivity index (χ2n) is 7.25. The molecule has 5 nitrogen and oxygen atoms in total. The fourth-order valence-corrected chi connectivity index (χ4v) is 6.56. The minimum absolute atomic E-state index is 0.190. The molecule has 0 amide bonds. The molecule has 0 aliphatic rings. The molecule has 7 heteroatoms. The SMILES string of the molecule is CCCC[S+](CCCC)C(c1ccccc1)c1cccc(/C(C)=N/OS(=O)(=O)O)c1. The number of oxime groups is 1. The van der Waals surface area contributed by atoms with Crippen LogP contribution < -0.4 is 0 Å². The van der Waals surface area contributed by atoms with Gasteiger partial charge in [-0.15, -0.1) is 0 Å². The lowest BCUT2D eigenvalue weighted by Crippen LogP contribution is -2.22. The van der Waals surface area contributed by atoms with Crippen LogP contribution in [0.25, 0.3) is 0 Å². The van der Waals surface area contributed by atoms with Crippen molar-refractivity contribution in [3.63, 3.8) is 0 Å². The van der Waals surface area contributed by atoms with Gasteiger partial charge >= 0.3 is 10.4 Å². The number of nitrogens with zero attached hydrogens (tertiary/aromatic N) is 1. The zero-order chi connectivity index (χ0) is 22.0. The molecule has 2 rings (SSSR count). The van der Waals surface area contributed by atoms with Gasteiger partial charge in [0, 0.05) is 11.1 Å². The van der Waals surface area contributed by atoms with Crippen molar-refractivity contribution < 1.29 is 17.3 Å². The van der Waals surface area contributed by atoms with E-state index in [-0.39, 0.29) is 16.1 Å². The van der Waals surface area contributed by atoms with Crippen molar-refractivity contribution in [2.24, 2.45) is 5.16 Å². The van der Waals surface area contributed by atoms with Crippen molar-refractivity contribution in [1.29, 1.82) is 0 Å². The predicted octanol–water partition coefficient (Wildman–Crippen LogP) is 5.54. The number of benzene rings is 2. The zero-order valence-corrected chi connectivity index (χ0v) is 19.6. The summed E-state index contributed by atoms with van der Waals surface area (Å²) in [5.41, 5.74) is 3.65. The van der Waals surface area contributed by atoms with Crippen molar-refractivity contribution in [1.82, 2.24) is 0 Å². The number of hydrogen-bond donors (Lipinski definition) is 1. The first-order valence-electron chi connectivity index (χ1n) is 10.4. The topological polar surface area (TPSA) is 76.0 Å². The Kier molecular flexibility index (Phi) is 9.88. The Bertz CT molecular complexity index is 906. The molecule has 0 saturated heterocycles. The molecule has 1 atom stereocenters. The van der Waals surface area contributed by atoms with Crippen molar-refractivity contribution in [3.05, 3.63) is 71.3 Å². The molecule has 0 aromatic heterocycles. The molecule has 0 radical (unpaired) electrons. The van der Waals surface area contributed by atoms with Crippen LogP contribution in [-0.2, 0) is 25.6 Å². The van der Waals surface area contributed by atoms with Crippen molar-refractivity contribution in [3.8, 4) is 0 Å². The smallest absolute Gasteiger partial charge is 0.253 e. The van der Waals surface area contributed by atoms with Crippen LogP contribution in [0.1, 0.15) is 68.4 Å². The van der Waals surface area contributed by atoms with E-state index in [1.165, 1.54) is 48.3 Å². The molecule has 0 saturated carbocycles. The summed E-state index contributed by atoms with van der Waals surface area (Å²) >= 11 is 0. The first-order chi connectivity index (χ1) is 14.4. The quantitative estimate of drug-likeness (QED) is 0.199. The molecule has 0 heterocycles. The van der Waals surface area contributed by atoms with Crippen LogP contribution in [0.2, 0.25) is 0 Å². The van der Waals surface area contributed by atoms with Gasteiger partial charge in [0.2, 0.25) is 0 Å². The summed E-state index contributed by atoms with van der Waals surface area (Å²) in [5, 5.41) is 3.84. The average Bonchev–Trinajstić information content (AvgIpc) is 2.74. The standard InChI is InChI=1S/C23H31NO4S2/c1-4-6-16-29(17-7-5-2)23(20-12-9-8-10-13-20)22-15-11-14-21(18-22)19(3)24-28-30(25,26)27/h8-15,18,23H,4-7,16-17H2,1-3H3/p+1/b24-19+. The van der Waals surface area contributed by atoms with E-state index in [4.69, 9.17) is 4.55 Å². The molecular weight excluding hydrogens is 418 g/mol. The van der Waals surface area contributed by atoms with Gasteiger partial charge in [0.15, 0.2) is 5.25 Å². The maximum Gasteiger partial charge on any atom is 0.466 e. The Morgan fingerprint density at radius 3 is 2.17 bits per heavy atom. The van der Waals surface area contributed by atoms with E-state index in [9.17, 15) is 8.42 Å². The van der Waals surface area contributed by atoms with Gasteiger partial charge in [-0.3, -0.25) is 4.55 Å². The molecule has 0 spiro atoms. The van der Waals surface area contributed by atoms with Gasteiger partial charge < -0.3 is 0 Å². The molecule has 0 bridgehead atoms. The van der Waals surface area contributed by atoms with Gasteiger partial charge in [-0.1, -0.05) is 80.4 Å². The largest absolute Gasteiger partial charge is 0.466 e. The molecule has 0 fully saturated rings. The van der Waals surface area contributed by atoms with E-state index in [1.807, 2.05) is 18.2 Å². The van der Waals surface area contributed by atoms with Crippen LogP contribution in [0.4, 0.5) is 0 Å². The summed E-state index contributed by atoms with van der Waals surface area (Å²) in [6.07, 6.45) is 4.77. The van der Waals surface area contributed by atoms with E-state index in [0.717, 1.165) is 5.56 Å². The first kappa shape index (κ1) is 24.4. The van der Waals surface area contributed by atoms with Crippen molar-refractivity contribution >= 4 is 27.0 Å². The zero-order valence-electron chi connectivity index (χ0n) is 18.0. The molecule has 164 valence electrons. The van der Waals surface area contributed by atoms with Gasteiger partial charge in [-0.2, -0.15) is 8.42 Å². The summed E-state index contributed by atoms with van der Waals surface area (Å²) in [6.45, 7) is 6.12. The van der Waals surface area contributed by atoms with Crippen LogP contribution in [-0.4, -0.2) is 30.2 Å². The summed E-state index contributed by atoms with van der Waals surface area (Å²) in [4.78, 5) is 0. The maximum atomic E-state index is 10.8. The van der Waals surface area contributed by atoms with Crippen LogP contribution >= 0.6 is 0 Å². The third-order valence-corrected chi connectivity index (χ3v) is 7.93. The van der Waals surface area contributed by atoms with Crippen LogP contribution in [0.15, 0.2) is 59.8 Å². The molecular formula is C23H32NO4S2+. The lowest BCUT2D eigenvalue weighted by atomic mass is 10.0. The summed E-state index contributed by atoms with van der Waals surface area (Å²) < 4.78 is 34.7. The van der Waals surface area contributed by atoms with Gasteiger partial charge in [-0.05, 0) is 42.3 Å². The third-order valence-electron chi connectivity index (χ3n) is 4.83. The van der Waals surface area contributed by atoms with Crippen LogP contribution in [0.5, 0.6) is 0 Å². The van der Waals surface area contributed by atoms with Crippen LogP contribution in [0, 0.1) is 0 Å². The molecule has 0 aliphatic carbocycles. The minimum Gasteiger partial charge on any atom is -0.253 e. The van der Waals surface area contributed by atoms with E-state index < -0.39 is 10.4 Å². The second-order valence-corrected chi connectivity index (χ2v) is 10.6. The fourth-order valence-electron chi connectivity index (χ4n) is 3.28. The summed E-state index contributed by atoms with van der Waals surface area (Å²) in [5.74, 6) is 2.39. The Hall–Kier alpha value is -1.83. The Morgan fingerprint density at radius 1 is 1.00 bits per heavy atom. The highest BCUT2D eigenvalue weighted by molar-refractivity contribution is 7.97. The van der Waals surface area contributed by atoms with Crippen molar-refractivity contribution in [2.45, 2.75) is 51.7 Å². The molecule has 30 heavy (non-hydrogen) atoms. The Morgan fingerprint density at radius 2 is 1.60 bits per heavy atom. The minimum atomic E-state index is -4.62. The molecule has 1 unspecified atom stereocenters. The number of hydrogen-bond acceptors (Lipinski definition) is 4. The fraction of sp³-hybridized carbons (Fsp3) is 0.435. The molecule has 2 aromatic carbocycles. The van der Waals surface area contributed by atoms with Gasteiger partial charge in [0.05, 0.1) is 5.71 Å². The van der Waals surface area contributed by atoms with E-state index in [0.29, 0.717) is 5.71 Å². The lowest BCUT2D eigenvalue weighted by Gasteiger charge is -2.21. The van der Waals surface area contributed by atoms with Gasteiger partial charge in [0.25, 0.3) is 0 Å². The summed E-state index contributed by atoms with van der Waals surface area (Å²) in [6, 6.07) is 18.6. The van der Waals surface area contributed by atoms with Crippen molar-refractivity contribution in [2.75, 3.05) is 11.5 Å². The summed E-state index contributed by atoms with van der Waals surface area (Å²) in [7, 11) is -4.43. The number of rotatable bonds is 12. The highest BCUT2D eigenvalue weighted by Gasteiger charge is 2.32. The number of unbranched alkanes of at least 4 members (excludes halogenated alkanes) is 2. The molecule has 2 aromatic rings. The van der Waals surface area contributed by atoms with Gasteiger partial charge in [-0.25, -0.2) is 4.28 Å². The van der Waals surface area contributed by atoms with Gasteiger partial charge in [0.1, 0.15) is 11.5 Å².